The summed E-state index contributed by atoms with van der Waals surface area (Å²) in [7, 11) is 0. The van der Waals surface area contributed by atoms with E-state index in [0.717, 1.165) is 0 Å². The number of carboxylic acids is 1. The molecule has 0 amide bonds. The Kier molecular flexibility index (Phi) is 2.21. The SMILES string of the molecule is O=C(O)[C]1C=c2ccc(Cl)c(Cl)c2=N1. The van der Waals surface area contributed by atoms with Crippen LogP contribution in [-0.2, 0) is 4.79 Å². The van der Waals surface area contributed by atoms with Gasteiger partial charge in [-0.05, 0) is 12.1 Å². The fourth-order valence-corrected chi connectivity index (χ4v) is 1.56. The molecule has 0 spiro atoms. The molecule has 1 aliphatic rings. The Morgan fingerprint density at radius 3 is 2.71 bits per heavy atom. The summed E-state index contributed by atoms with van der Waals surface area (Å²) in [5, 5.41) is 10.5. The van der Waals surface area contributed by atoms with Crippen molar-refractivity contribution in [3.8, 4) is 0 Å². The molecule has 0 aromatic heterocycles. The highest BCUT2D eigenvalue weighted by molar-refractivity contribution is 6.41. The van der Waals surface area contributed by atoms with Gasteiger partial charge in [-0.25, -0.2) is 4.79 Å². The predicted molar refractivity (Wildman–Crippen MR) is 52.6 cm³/mol. The van der Waals surface area contributed by atoms with Gasteiger partial charge in [0.1, 0.15) is 0 Å². The number of carbonyl (C=O) groups is 1. The predicted octanol–water partition coefficient (Wildman–Crippen LogP) is 1.02. The summed E-state index contributed by atoms with van der Waals surface area (Å²) in [5.74, 6) is -1.08. The summed E-state index contributed by atoms with van der Waals surface area (Å²) >= 11 is 11.6. The molecular formula is C9H4Cl2NO2. The van der Waals surface area contributed by atoms with Crippen LogP contribution in [0.3, 0.4) is 0 Å². The smallest absolute Gasteiger partial charge is 0.339 e. The van der Waals surface area contributed by atoms with Crippen molar-refractivity contribution in [2.24, 2.45) is 4.99 Å². The lowest BCUT2D eigenvalue weighted by Crippen LogP contribution is -2.22. The lowest BCUT2D eigenvalue weighted by molar-refractivity contribution is -0.134. The van der Waals surface area contributed by atoms with E-state index in [4.69, 9.17) is 28.3 Å². The Labute approximate surface area is 89.3 Å². The highest BCUT2D eigenvalue weighted by Gasteiger charge is 2.19. The van der Waals surface area contributed by atoms with Gasteiger partial charge < -0.3 is 5.11 Å². The van der Waals surface area contributed by atoms with Crippen molar-refractivity contribution in [3.63, 3.8) is 0 Å². The first kappa shape index (κ1) is 9.49. The summed E-state index contributed by atoms with van der Waals surface area (Å²) in [6.45, 7) is 0. The second-order valence-electron chi connectivity index (χ2n) is 2.75. The topological polar surface area (TPSA) is 49.7 Å². The lowest BCUT2D eigenvalue weighted by Gasteiger charge is -1.93. The van der Waals surface area contributed by atoms with Gasteiger partial charge in [0.25, 0.3) is 0 Å². The van der Waals surface area contributed by atoms with Crippen LogP contribution in [-0.4, -0.2) is 11.1 Å². The monoisotopic (exact) mass is 228 g/mol. The minimum Gasteiger partial charge on any atom is -0.479 e. The molecule has 0 bridgehead atoms. The minimum atomic E-state index is -1.08. The van der Waals surface area contributed by atoms with Crippen molar-refractivity contribution in [1.82, 2.24) is 0 Å². The number of carboxylic acid groups (broad SMARTS) is 1. The van der Waals surface area contributed by atoms with Gasteiger partial charge >= 0.3 is 5.97 Å². The quantitative estimate of drug-likeness (QED) is 0.781. The Bertz CT molecular complexity index is 524. The fraction of sp³-hybridized carbons (Fsp3) is 0. The van der Waals surface area contributed by atoms with E-state index in [1.807, 2.05) is 0 Å². The van der Waals surface area contributed by atoms with Crippen molar-refractivity contribution in [2.45, 2.75) is 0 Å². The van der Waals surface area contributed by atoms with E-state index in [1.54, 1.807) is 12.1 Å². The minimum absolute atomic E-state index is 0.0239. The first-order chi connectivity index (χ1) is 6.59. The third-order valence-corrected chi connectivity index (χ3v) is 2.64. The van der Waals surface area contributed by atoms with Crippen LogP contribution in [0.25, 0.3) is 6.08 Å². The number of rotatable bonds is 1. The standard InChI is InChI=1S/C9H4Cl2NO2/c10-5-2-1-4-3-6(9(13)14)12-8(4)7(5)11/h1-3H,(H,13,14). The largest absolute Gasteiger partial charge is 0.479 e. The summed E-state index contributed by atoms with van der Waals surface area (Å²) in [6, 6.07) is 3.27. The van der Waals surface area contributed by atoms with Crippen molar-refractivity contribution < 1.29 is 9.90 Å². The summed E-state index contributed by atoms with van der Waals surface area (Å²) in [4.78, 5) is 14.5. The van der Waals surface area contributed by atoms with E-state index < -0.39 is 5.97 Å². The molecule has 0 fully saturated rings. The zero-order chi connectivity index (χ0) is 10.3. The summed E-state index contributed by atoms with van der Waals surface area (Å²) in [6.07, 6.45) is 1.46. The van der Waals surface area contributed by atoms with E-state index in [0.29, 0.717) is 15.6 Å². The summed E-state index contributed by atoms with van der Waals surface area (Å²) in [5.41, 5.74) is 0. The Morgan fingerprint density at radius 2 is 2.07 bits per heavy atom. The van der Waals surface area contributed by atoms with E-state index in [2.05, 4.69) is 4.99 Å². The zero-order valence-electron chi connectivity index (χ0n) is 6.79. The molecule has 1 aromatic carbocycles. The molecule has 0 aliphatic carbocycles. The molecule has 1 aliphatic heterocycles. The fourth-order valence-electron chi connectivity index (χ4n) is 1.19. The second-order valence-corrected chi connectivity index (χ2v) is 3.53. The number of halogens is 2. The van der Waals surface area contributed by atoms with Crippen molar-refractivity contribution in [1.29, 1.82) is 0 Å². The Balaban J connectivity index is 2.70. The zero-order valence-corrected chi connectivity index (χ0v) is 8.30. The van der Waals surface area contributed by atoms with Crippen molar-refractivity contribution in [3.05, 3.63) is 38.8 Å². The third-order valence-electron chi connectivity index (χ3n) is 1.84. The van der Waals surface area contributed by atoms with Crippen LogP contribution in [0.5, 0.6) is 0 Å². The first-order valence-electron chi connectivity index (χ1n) is 3.74. The molecule has 1 aromatic rings. The number of nitrogens with zero attached hydrogens (tertiary/aromatic N) is 1. The van der Waals surface area contributed by atoms with Crippen LogP contribution < -0.4 is 10.6 Å². The van der Waals surface area contributed by atoms with Crippen LogP contribution in [0.1, 0.15) is 0 Å². The molecule has 3 nitrogen and oxygen atoms in total. The third kappa shape index (κ3) is 1.38. The summed E-state index contributed by atoms with van der Waals surface area (Å²) < 4.78 is 0. The van der Waals surface area contributed by atoms with Gasteiger partial charge in [0.05, 0.1) is 15.4 Å². The molecule has 0 unspecified atom stereocenters. The van der Waals surface area contributed by atoms with E-state index in [1.165, 1.54) is 6.08 Å². The molecule has 5 heteroatoms. The van der Waals surface area contributed by atoms with Crippen LogP contribution in [0.4, 0.5) is 0 Å². The molecule has 1 N–H and O–H groups in total. The van der Waals surface area contributed by atoms with Gasteiger partial charge in [0.2, 0.25) is 6.04 Å². The molecule has 14 heavy (non-hydrogen) atoms. The maximum atomic E-state index is 10.6. The van der Waals surface area contributed by atoms with E-state index in [-0.39, 0.29) is 11.1 Å². The molecule has 1 heterocycles. The highest BCUT2D eigenvalue weighted by Crippen LogP contribution is 2.17. The van der Waals surface area contributed by atoms with Crippen LogP contribution in [0.15, 0.2) is 17.1 Å². The van der Waals surface area contributed by atoms with Gasteiger partial charge in [-0.15, -0.1) is 0 Å². The molecule has 2 rings (SSSR count). The van der Waals surface area contributed by atoms with Crippen LogP contribution in [0, 0.1) is 6.04 Å². The lowest BCUT2D eigenvalue weighted by atomic mass is 10.2. The Hall–Kier alpha value is -1.06. The molecule has 0 atom stereocenters. The van der Waals surface area contributed by atoms with Gasteiger partial charge in [0, 0.05) is 5.22 Å². The van der Waals surface area contributed by atoms with Crippen molar-refractivity contribution in [2.75, 3.05) is 0 Å². The number of hydrogen-bond acceptors (Lipinski definition) is 2. The first-order valence-corrected chi connectivity index (χ1v) is 4.50. The number of fused-ring (bicyclic) bond motifs is 1. The molecule has 0 saturated heterocycles. The van der Waals surface area contributed by atoms with E-state index in [9.17, 15) is 4.79 Å². The number of hydrogen-bond donors (Lipinski definition) is 1. The molecule has 1 radical (unpaired) electrons. The normalized spacial score (nSPS) is 14.4. The number of benzene rings is 1. The molecule has 0 saturated carbocycles. The van der Waals surface area contributed by atoms with Gasteiger partial charge in [-0.1, -0.05) is 29.3 Å². The van der Waals surface area contributed by atoms with Gasteiger partial charge in [-0.2, -0.15) is 0 Å². The maximum Gasteiger partial charge on any atom is 0.339 e. The van der Waals surface area contributed by atoms with Crippen LogP contribution in [0.2, 0.25) is 10.0 Å². The average Bonchev–Trinajstić information content (AvgIpc) is 2.56. The molecule has 71 valence electrons. The molecular weight excluding hydrogens is 225 g/mol. The van der Waals surface area contributed by atoms with E-state index >= 15 is 0 Å². The van der Waals surface area contributed by atoms with Crippen molar-refractivity contribution >= 4 is 35.2 Å². The number of aliphatic carboxylic acids is 1. The Morgan fingerprint density at radius 1 is 1.36 bits per heavy atom. The average molecular weight is 229 g/mol. The van der Waals surface area contributed by atoms with Gasteiger partial charge in [-0.3, -0.25) is 4.99 Å². The van der Waals surface area contributed by atoms with Crippen LogP contribution >= 0.6 is 23.2 Å². The highest BCUT2D eigenvalue weighted by atomic mass is 35.5. The van der Waals surface area contributed by atoms with Gasteiger partial charge in [0.15, 0.2) is 0 Å². The maximum absolute atomic E-state index is 10.6. The second kappa shape index (κ2) is 3.26.